The van der Waals surface area contributed by atoms with Crippen LogP contribution in [0.1, 0.15) is 36.1 Å². The molecule has 4 rings (SSSR count). The number of alkyl halides is 3. The first kappa shape index (κ1) is 22.6. The van der Waals surface area contributed by atoms with Crippen molar-refractivity contribution in [3.05, 3.63) is 16.8 Å². The van der Waals surface area contributed by atoms with Gasteiger partial charge in [0.25, 0.3) is 10.2 Å². The second-order valence-electron chi connectivity index (χ2n) is 8.06. The Balaban J connectivity index is 1.58. The molecule has 1 fully saturated rings. The van der Waals surface area contributed by atoms with E-state index in [4.69, 9.17) is 4.74 Å². The Hall–Kier alpha value is -1.54. The van der Waals surface area contributed by atoms with Crippen LogP contribution >= 0.6 is 11.3 Å². The molecule has 13 heteroatoms. The predicted molar refractivity (Wildman–Crippen MR) is 110 cm³/mol. The zero-order valence-corrected chi connectivity index (χ0v) is 18.8. The van der Waals surface area contributed by atoms with Gasteiger partial charge in [0.15, 0.2) is 0 Å². The molecular formula is C18H24F3N5O3S2. The summed E-state index contributed by atoms with van der Waals surface area (Å²) in [5.74, 6) is 0.374. The van der Waals surface area contributed by atoms with Gasteiger partial charge < -0.3 is 9.64 Å². The van der Waals surface area contributed by atoms with E-state index < -0.39 is 16.5 Å². The molecule has 0 saturated heterocycles. The molecule has 1 saturated carbocycles. The average molecular weight is 480 g/mol. The molecular weight excluding hydrogens is 455 g/mol. The largest absolute Gasteiger partial charge is 0.474 e. The molecule has 0 spiro atoms. The van der Waals surface area contributed by atoms with Crippen molar-refractivity contribution in [3.63, 3.8) is 0 Å². The molecule has 1 aliphatic carbocycles. The van der Waals surface area contributed by atoms with E-state index in [2.05, 4.69) is 29.0 Å². The van der Waals surface area contributed by atoms with Gasteiger partial charge in [0, 0.05) is 24.0 Å². The Bertz CT molecular complexity index is 1050. The summed E-state index contributed by atoms with van der Waals surface area (Å²) in [7, 11) is -0.587. The van der Waals surface area contributed by atoms with Gasteiger partial charge in [-0.05, 0) is 51.8 Å². The second-order valence-corrected chi connectivity index (χ2v) is 10.8. The minimum Gasteiger partial charge on any atom is -0.474 e. The van der Waals surface area contributed by atoms with E-state index in [1.165, 1.54) is 17.7 Å². The normalized spacial score (nSPS) is 23.3. The maximum absolute atomic E-state index is 12.6. The molecule has 0 unspecified atom stereocenters. The molecule has 0 bridgehead atoms. The van der Waals surface area contributed by atoms with Crippen LogP contribution in [0, 0.1) is 0 Å². The topological polar surface area (TPSA) is 87.7 Å². The summed E-state index contributed by atoms with van der Waals surface area (Å²) in [5, 5.41) is 0.601. The van der Waals surface area contributed by atoms with Gasteiger partial charge in [-0.15, -0.1) is 16.1 Å². The summed E-state index contributed by atoms with van der Waals surface area (Å²) in [6, 6.07) is 0.513. The summed E-state index contributed by atoms with van der Waals surface area (Å²) >= 11 is 1.40. The molecule has 3 heterocycles. The fourth-order valence-electron chi connectivity index (χ4n) is 4.20. The van der Waals surface area contributed by atoms with Gasteiger partial charge in [-0.1, -0.05) is 0 Å². The molecule has 0 radical (unpaired) electrons. The number of nitrogens with one attached hydrogen (secondary N) is 1. The van der Waals surface area contributed by atoms with Crippen LogP contribution in [0.15, 0.2) is 6.33 Å². The molecule has 2 aromatic heterocycles. The molecule has 0 atom stereocenters. The first-order chi connectivity index (χ1) is 14.5. The van der Waals surface area contributed by atoms with E-state index in [0.717, 1.165) is 39.6 Å². The van der Waals surface area contributed by atoms with Crippen molar-refractivity contribution in [2.75, 3.05) is 20.6 Å². The van der Waals surface area contributed by atoms with Crippen LogP contribution in [0.2, 0.25) is 0 Å². The summed E-state index contributed by atoms with van der Waals surface area (Å²) in [6.45, 7) is -0.221. The third kappa shape index (κ3) is 4.95. The van der Waals surface area contributed by atoms with Crippen molar-refractivity contribution in [3.8, 4) is 5.88 Å². The van der Waals surface area contributed by atoms with Gasteiger partial charge in [0.2, 0.25) is 5.88 Å². The van der Waals surface area contributed by atoms with Crippen molar-refractivity contribution in [1.29, 1.82) is 0 Å². The third-order valence-electron chi connectivity index (χ3n) is 5.80. The molecule has 1 N–H and O–H groups in total. The Morgan fingerprint density at radius 1 is 1.23 bits per heavy atom. The zero-order valence-electron chi connectivity index (χ0n) is 17.1. The zero-order chi connectivity index (χ0) is 22.4. The highest BCUT2D eigenvalue weighted by Gasteiger charge is 2.39. The van der Waals surface area contributed by atoms with E-state index in [0.29, 0.717) is 34.1 Å². The van der Waals surface area contributed by atoms with Crippen LogP contribution in [0.3, 0.4) is 0 Å². The van der Waals surface area contributed by atoms with Crippen LogP contribution in [0.5, 0.6) is 5.88 Å². The average Bonchev–Trinajstić information content (AvgIpc) is 3.05. The van der Waals surface area contributed by atoms with Crippen LogP contribution in [0.25, 0.3) is 10.2 Å². The molecule has 0 amide bonds. The Kier molecular flexibility index (Phi) is 6.16. The SMILES string of the molecule is CN(C)C1CCC(Oc2ncnc3sc4c(c23)CN(S(=O)(=O)NC(F)(F)F)CC4)CC1. The van der Waals surface area contributed by atoms with Crippen LogP contribution in [0.4, 0.5) is 13.2 Å². The minimum atomic E-state index is -5.03. The van der Waals surface area contributed by atoms with E-state index in [1.54, 1.807) is 0 Å². The second kappa shape index (κ2) is 8.43. The Morgan fingerprint density at radius 2 is 1.94 bits per heavy atom. The van der Waals surface area contributed by atoms with Gasteiger partial charge in [-0.2, -0.15) is 25.9 Å². The summed E-state index contributed by atoms with van der Waals surface area (Å²) in [6.07, 6.45) is 0.422. The highest BCUT2D eigenvalue weighted by Crippen LogP contribution is 2.39. The Labute approximate surface area is 182 Å². The van der Waals surface area contributed by atoms with Gasteiger partial charge in [0.1, 0.15) is 17.3 Å². The number of thiophene rings is 1. The Morgan fingerprint density at radius 3 is 2.58 bits per heavy atom. The van der Waals surface area contributed by atoms with E-state index >= 15 is 0 Å². The summed E-state index contributed by atoms with van der Waals surface area (Å²) < 4.78 is 70.1. The third-order valence-corrected chi connectivity index (χ3v) is 8.48. The minimum absolute atomic E-state index is 0.0137. The van der Waals surface area contributed by atoms with E-state index in [-0.39, 0.29) is 19.2 Å². The van der Waals surface area contributed by atoms with Crippen LogP contribution in [-0.4, -0.2) is 66.7 Å². The van der Waals surface area contributed by atoms with Crippen molar-refractivity contribution in [1.82, 2.24) is 23.9 Å². The molecule has 2 aliphatic rings. The van der Waals surface area contributed by atoms with Gasteiger partial charge >= 0.3 is 6.30 Å². The number of rotatable bonds is 5. The van der Waals surface area contributed by atoms with Crippen molar-refractivity contribution in [2.24, 2.45) is 0 Å². The lowest BCUT2D eigenvalue weighted by molar-refractivity contribution is -0.139. The molecule has 1 aliphatic heterocycles. The fraction of sp³-hybridized carbons (Fsp3) is 0.667. The smallest absolute Gasteiger partial charge is 0.471 e. The monoisotopic (exact) mass is 479 g/mol. The number of fused-ring (bicyclic) bond motifs is 3. The van der Waals surface area contributed by atoms with E-state index in [9.17, 15) is 21.6 Å². The van der Waals surface area contributed by atoms with Gasteiger partial charge in [-0.3, -0.25) is 0 Å². The first-order valence-corrected chi connectivity index (χ1v) is 12.2. The highest BCUT2D eigenvalue weighted by molar-refractivity contribution is 7.87. The molecule has 8 nitrogen and oxygen atoms in total. The quantitative estimate of drug-likeness (QED) is 0.664. The van der Waals surface area contributed by atoms with E-state index in [1.807, 2.05) is 0 Å². The van der Waals surface area contributed by atoms with Crippen LogP contribution < -0.4 is 9.46 Å². The number of ether oxygens (including phenoxy) is 1. The number of aromatic nitrogens is 2. The molecule has 2 aromatic rings. The maximum atomic E-state index is 12.6. The first-order valence-electron chi connectivity index (χ1n) is 9.97. The van der Waals surface area contributed by atoms with Gasteiger partial charge in [0.05, 0.1) is 5.39 Å². The number of halogens is 3. The number of nitrogens with zero attached hydrogens (tertiary/aromatic N) is 4. The highest BCUT2D eigenvalue weighted by atomic mass is 32.2. The lowest BCUT2D eigenvalue weighted by Crippen LogP contribution is -2.48. The number of hydrogen-bond donors (Lipinski definition) is 1. The lowest BCUT2D eigenvalue weighted by Gasteiger charge is -2.32. The predicted octanol–water partition coefficient (Wildman–Crippen LogP) is 2.66. The van der Waals surface area contributed by atoms with Crippen molar-refractivity contribution in [2.45, 2.75) is 57.1 Å². The molecule has 31 heavy (non-hydrogen) atoms. The summed E-state index contributed by atoms with van der Waals surface area (Å²) in [5.41, 5.74) is 0.622. The molecule has 172 valence electrons. The van der Waals surface area contributed by atoms with Crippen molar-refractivity contribution >= 4 is 31.8 Å². The fourth-order valence-corrected chi connectivity index (χ4v) is 6.38. The summed E-state index contributed by atoms with van der Waals surface area (Å²) in [4.78, 5) is 12.3. The lowest BCUT2D eigenvalue weighted by atomic mass is 9.92. The van der Waals surface area contributed by atoms with Crippen LogP contribution in [-0.2, 0) is 23.2 Å². The number of hydrogen-bond acceptors (Lipinski definition) is 7. The standard InChI is InChI=1S/C18H24F3N5O3S2/c1-25(2)11-3-5-12(6-4-11)29-16-15-13-9-26(31(27,28)24-18(19,20)21)8-7-14(13)30-17(15)23-10-22-16/h10-12,24H,3-9H2,1-2H3. The van der Waals surface area contributed by atoms with Crippen molar-refractivity contribution < 1.29 is 26.3 Å². The maximum Gasteiger partial charge on any atom is 0.471 e. The molecule has 0 aromatic carbocycles. The van der Waals surface area contributed by atoms with Gasteiger partial charge in [-0.25, -0.2) is 9.97 Å².